The summed E-state index contributed by atoms with van der Waals surface area (Å²) in [6, 6.07) is -4.74. The van der Waals surface area contributed by atoms with Crippen LogP contribution in [0.25, 0.3) is 0 Å². The van der Waals surface area contributed by atoms with Crippen LogP contribution in [0.2, 0.25) is 0 Å². The molecule has 11 N–H and O–H groups in total. The molecule has 1 aromatic heterocycles. The summed E-state index contributed by atoms with van der Waals surface area (Å²) in [5.41, 5.74) is 17.0. The first-order valence-corrected chi connectivity index (χ1v) is 11.8. The quantitative estimate of drug-likeness (QED) is 0.106. The van der Waals surface area contributed by atoms with Crippen molar-refractivity contribution in [3.8, 4) is 0 Å². The van der Waals surface area contributed by atoms with Crippen molar-refractivity contribution in [2.24, 2.45) is 23.1 Å². The Bertz CT molecular complexity index is 876. The zero-order valence-electron chi connectivity index (χ0n) is 20.7. The maximum atomic E-state index is 13.0. The predicted octanol–water partition coefficient (Wildman–Crippen LogP) is -2.13. The summed E-state index contributed by atoms with van der Waals surface area (Å²) in [5.74, 6) is -4.36. The molecule has 0 fully saturated rings. The van der Waals surface area contributed by atoms with Gasteiger partial charge in [-0.3, -0.25) is 19.2 Å². The van der Waals surface area contributed by atoms with Gasteiger partial charge in [-0.05, 0) is 31.7 Å². The van der Waals surface area contributed by atoms with E-state index in [1.54, 1.807) is 0 Å². The van der Waals surface area contributed by atoms with E-state index in [2.05, 4.69) is 25.9 Å². The topological polar surface area (TPSA) is 248 Å². The maximum Gasteiger partial charge on any atom is 0.326 e. The number of primary amides is 1. The van der Waals surface area contributed by atoms with Crippen molar-refractivity contribution >= 4 is 29.6 Å². The first-order chi connectivity index (χ1) is 16.9. The molecule has 202 valence electrons. The molecule has 0 saturated carbocycles. The molecule has 4 unspecified atom stereocenters. The van der Waals surface area contributed by atoms with E-state index in [0.29, 0.717) is 31.5 Å². The molecular weight excluding hydrogens is 472 g/mol. The second-order valence-corrected chi connectivity index (χ2v) is 8.99. The fraction of sp³-hybridized carbons (Fsp3) is 0.636. The van der Waals surface area contributed by atoms with Crippen LogP contribution >= 0.6 is 0 Å². The second kappa shape index (κ2) is 15.5. The van der Waals surface area contributed by atoms with E-state index in [4.69, 9.17) is 17.2 Å². The van der Waals surface area contributed by atoms with Crippen molar-refractivity contribution in [2.45, 2.75) is 76.5 Å². The van der Waals surface area contributed by atoms with Gasteiger partial charge < -0.3 is 43.2 Å². The van der Waals surface area contributed by atoms with E-state index < -0.39 is 60.2 Å². The molecule has 4 atom stereocenters. The van der Waals surface area contributed by atoms with Crippen molar-refractivity contribution in [3.63, 3.8) is 0 Å². The average molecular weight is 511 g/mol. The van der Waals surface area contributed by atoms with Gasteiger partial charge in [0.05, 0.1) is 18.8 Å². The van der Waals surface area contributed by atoms with E-state index in [-0.39, 0.29) is 18.8 Å². The Labute approximate surface area is 209 Å². The van der Waals surface area contributed by atoms with Gasteiger partial charge in [0.25, 0.3) is 0 Å². The van der Waals surface area contributed by atoms with E-state index in [1.165, 1.54) is 12.5 Å². The molecule has 36 heavy (non-hydrogen) atoms. The fourth-order valence-electron chi connectivity index (χ4n) is 3.39. The summed E-state index contributed by atoms with van der Waals surface area (Å²) >= 11 is 0. The van der Waals surface area contributed by atoms with Gasteiger partial charge in [0.2, 0.25) is 23.6 Å². The van der Waals surface area contributed by atoms with E-state index >= 15 is 0 Å². The molecule has 1 rings (SSSR count). The van der Waals surface area contributed by atoms with Crippen LogP contribution in [-0.4, -0.2) is 75.4 Å². The number of unbranched alkanes of at least 4 members (excludes halogenated alkanes) is 1. The third-order valence-corrected chi connectivity index (χ3v) is 5.28. The standard InChI is InChI=1S/C22H38N8O6/c1-12(2)7-17(22(35)36)30-20(33)15(8-13-10-26-11-27-13)29-21(34)16(9-18(25)31)28-19(32)14(24)5-3-4-6-23/h10-12,14-17H,3-9,23-24H2,1-2H3,(H2,25,31)(H,26,27)(H,28,32)(H,29,34)(H,30,33)(H,35,36). The lowest BCUT2D eigenvalue weighted by Crippen LogP contribution is -2.58. The third-order valence-electron chi connectivity index (χ3n) is 5.28. The number of carboxylic acid groups (broad SMARTS) is 1. The number of H-pyrrole nitrogens is 1. The third kappa shape index (κ3) is 11.3. The number of rotatable bonds is 17. The zero-order chi connectivity index (χ0) is 27.3. The van der Waals surface area contributed by atoms with Crippen LogP contribution in [0, 0.1) is 5.92 Å². The first-order valence-electron chi connectivity index (χ1n) is 11.8. The van der Waals surface area contributed by atoms with Crippen molar-refractivity contribution < 1.29 is 29.1 Å². The lowest BCUT2D eigenvalue weighted by molar-refractivity contribution is -0.143. The number of carbonyl (C=O) groups excluding carboxylic acids is 4. The number of imidazole rings is 1. The van der Waals surface area contributed by atoms with Crippen LogP contribution in [0.3, 0.4) is 0 Å². The Morgan fingerprint density at radius 3 is 2.14 bits per heavy atom. The normalized spacial score (nSPS) is 14.4. The molecule has 1 aromatic rings. The molecule has 0 aliphatic carbocycles. The lowest BCUT2D eigenvalue weighted by atomic mass is 10.0. The van der Waals surface area contributed by atoms with Gasteiger partial charge in [-0.2, -0.15) is 0 Å². The van der Waals surface area contributed by atoms with E-state index in [0.717, 1.165) is 0 Å². The lowest BCUT2D eigenvalue weighted by Gasteiger charge is -2.25. The molecule has 0 aromatic carbocycles. The van der Waals surface area contributed by atoms with Crippen molar-refractivity contribution in [3.05, 3.63) is 18.2 Å². The molecule has 14 nitrogen and oxygen atoms in total. The molecule has 0 radical (unpaired) electrons. The molecule has 0 spiro atoms. The number of hydrogen-bond acceptors (Lipinski definition) is 8. The summed E-state index contributed by atoms with van der Waals surface area (Å²) in [6.45, 7) is 4.06. The molecule has 14 heteroatoms. The number of nitrogens with two attached hydrogens (primary N) is 3. The molecule has 0 aliphatic rings. The largest absolute Gasteiger partial charge is 0.480 e. The minimum absolute atomic E-state index is 0.0173. The van der Waals surface area contributed by atoms with Crippen LogP contribution in [0.4, 0.5) is 0 Å². The average Bonchev–Trinajstić information content (AvgIpc) is 3.30. The summed E-state index contributed by atoms with van der Waals surface area (Å²) in [7, 11) is 0. The summed E-state index contributed by atoms with van der Waals surface area (Å²) in [4.78, 5) is 68.3. The molecule has 4 amide bonds. The van der Waals surface area contributed by atoms with Crippen LogP contribution < -0.4 is 33.2 Å². The van der Waals surface area contributed by atoms with Gasteiger partial charge in [-0.25, -0.2) is 9.78 Å². The monoisotopic (exact) mass is 510 g/mol. The van der Waals surface area contributed by atoms with Crippen LogP contribution in [-0.2, 0) is 30.4 Å². The van der Waals surface area contributed by atoms with Gasteiger partial charge in [-0.1, -0.05) is 20.3 Å². The SMILES string of the molecule is CC(C)CC(NC(=O)C(Cc1cnc[nH]1)NC(=O)C(CC(N)=O)NC(=O)C(N)CCCCN)C(=O)O. The zero-order valence-corrected chi connectivity index (χ0v) is 20.7. The molecule has 0 bridgehead atoms. The van der Waals surface area contributed by atoms with Crippen LogP contribution in [0.1, 0.15) is 51.6 Å². The number of nitrogens with zero attached hydrogens (tertiary/aromatic N) is 1. The van der Waals surface area contributed by atoms with E-state index in [1.807, 2.05) is 13.8 Å². The second-order valence-electron chi connectivity index (χ2n) is 8.99. The maximum absolute atomic E-state index is 13.0. The van der Waals surface area contributed by atoms with Crippen LogP contribution in [0.15, 0.2) is 12.5 Å². The molecule has 1 heterocycles. The number of carboxylic acids is 1. The Morgan fingerprint density at radius 1 is 1.00 bits per heavy atom. The van der Waals surface area contributed by atoms with Gasteiger partial charge in [-0.15, -0.1) is 0 Å². The molecular formula is C22H38N8O6. The number of aromatic amines is 1. The highest BCUT2D eigenvalue weighted by Crippen LogP contribution is 2.07. The van der Waals surface area contributed by atoms with Gasteiger partial charge in [0.15, 0.2) is 0 Å². The predicted molar refractivity (Wildman–Crippen MR) is 130 cm³/mol. The summed E-state index contributed by atoms with van der Waals surface area (Å²) < 4.78 is 0. The van der Waals surface area contributed by atoms with Crippen molar-refractivity contribution in [1.82, 2.24) is 25.9 Å². The molecule has 0 saturated heterocycles. The smallest absolute Gasteiger partial charge is 0.326 e. The Hall–Kier alpha value is -3.52. The highest BCUT2D eigenvalue weighted by molar-refractivity contribution is 5.96. The van der Waals surface area contributed by atoms with Crippen molar-refractivity contribution in [1.29, 1.82) is 0 Å². The number of amides is 4. The fourth-order valence-corrected chi connectivity index (χ4v) is 3.39. The number of aromatic nitrogens is 2. The summed E-state index contributed by atoms with van der Waals surface area (Å²) in [6.07, 6.45) is 4.01. The minimum Gasteiger partial charge on any atom is -0.480 e. The summed E-state index contributed by atoms with van der Waals surface area (Å²) in [5, 5.41) is 16.8. The van der Waals surface area contributed by atoms with Crippen LogP contribution in [0.5, 0.6) is 0 Å². The van der Waals surface area contributed by atoms with Gasteiger partial charge in [0.1, 0.15) is 18.1 Å². The molecule has 0 aliphatic heterocycles. The highest BCUT2D eigenvalue weighted by Gasteiger charge is 2.31. The highest BCUT2D eigenvalue weighted by atomic mass is 16.4. The van der Waals surface area contributed by atoms with Crippen molar-refractivity contribution in [2.75, 3.05) is 6.54 Å². The Morgan fingerprint density at radius 2 is 1.61 bits per heavy atom. The Kier molecular flexibility index (Phi) is 13.1. The number of carbonyl (C=O) groups is 5. The van der Waals surface area contributed by atoms with Gasteiger partial charge in [0, 0.05) is 18.3 Å². The first kappa shape index (κ1) is 30.5. The Balaban J connectivity index is 3.02. The number of aliphatic carboxylic acids is 1. The minimum atomic E-state index is -1.39. The van der Waals surface area contributed by atoms with Gasteiger partial charge >= 0.3 is 5.97 Å². The number of nitrogens with one attached hydrogen (secondary N) is 4. The van der Waals surface area contributed by atoms with E-state index in [9.17, 15) is 29.1 Å². The number of hydrogen-bond donors (Lipinski definition) is 8.